The van der Waals surface area contributed by atoms with E-state index in [2.05, 4.69) is 15.9 Å². The number of rotatable bonds is 0. The minimum absolute atomic E-state index is 0.810. The first kappa shape index (κ1) is 7.95. The SMILES string of the molecule is S=c1ccoc2c(Br)cccc12. The number of para-hydroxylation sites is 1. The van der Waals surface area contributed by atoms with Gasteiger partial charge in [-0.25, -0.2) is 0 Å². The quantitative estimate of drug-likeness (QED) is 0.648. The van der Waals surface area contributed by atoms with E-state index in [-0.39, 0.29) is 0 Å². The second-order valence-electron chi connectivity index (χ2n) is 2.40. The summed E-state index contributed by atoms with van der Waals surface area (Å²) in [7, 11) is 0. The van der Waals surface area contributed by atoms with Crippen LogP contribution in [-0.4, -0.2) is 0 Å². The molecule has 0 fully saturated rings. The molecule has 1 aromatic carbocycles. The van der Waals surface area contributed by atoms with Gasteiger partial charge in [-0.05, 0) is 34.1 Å². The molecular weight excluding hydrogens is 236 g/mol. The summed E-state index contributed by atoms with van der Waals surface area (Å²) in [5.74, 6) is 0. The van der Waals surface area contributed by atoms with E-state index in [1.165, 1.54) is 0 Å². The van der Waals surface area contributed by atoms with Crippen molar-refractivity contribution in [3.63, 3.8) is 0 Å². The summed E-state index contributed by atoms with van der Waals surface area (Å²) in [6.07, 6.45) is 1.61. The van der Waals surface area contributed by atoms with Crippen molar-refractivity contribution in [2.24, 2.45) is 0 Å². The maximum Gasteiger partial charge on any atom is 0.149 e. The third-order valence-corrected chi connectivity index (χ3v) is 2.62. The minimum Gasteiger partial charge on any atom is -0.463 e. The number of halogens is 1. The van der Waals surface area contributed by atoms with E-state index in [1.807, 2.05) is 18.2 Å². The molecule has 0 amide bonds. The molecule has 3 heteroatoms. The summed E-state index contributed by atoms with van der Waals surface area (Å²) in [5, 5.41) is 0.974. The fourth-order valence-electron chi connectivity index (χ4n) is 1.08. The Hall–Kier alpha value is -0.670. The Morgan fingerprint density at radius 3 is 2.83 bits per heavy atom. The van der Waals surface area contributed by atoms with Gasteiger partial charge in [-0.2, -0.15) is 0 Å². The van der Waals surface area contributed by atoms with Crippen LogP contribution < -0.4 is 0 Å². The highest BCUT2D eigenvalue weighted by Crippen LogP contribution is 2.23. The van der Waals surface area contributed by atoms with Gasteiger partial charge in [0.1, 0.15) is 5.58 Å². The predicted octanol–water partition coefficient (Wildman–Crippen LogP) is 3.92. The Kier molecular flexibility index (Phi) is 1.98. The Labute approximate surface area is 83.1 Å². The van der Waals surface area contributed by atoms with Crippen molar-refractivity contribution in [1.82, 2.24) is 0 Å². The molecule has 0 atom stereocenters. The lowest BCUT2D eigenvalue weighted by atomic mass is 10.2. The molecule has 1 aromatic heterocycles. The maximum atomic E-state index is 5.31. The molecule has 0 spiro atoms. The van der Waals surface area contributed by atoms with Crippen LogP contribution in [0.2, 0.25) is 0 Å². The normalized spacial score (nSPS) is 10.4. The van der Waals surface area contributed by atoms with Gasteiger partial charge in [-0.15, -0.1) is 0 Å². The Balaban J connectivity index is 3.05. The van der Waals surface area contributed by atoms with Gasteiger partial charge >= 0.3 is 0 Å². The van der Waals surface area contributed by atoms with Crippen molar-refractivity contribution in [3.05, 3.63) is 39.5 Å². The molecule has 0 aliphatic heterocycles. The lowest BCUT2D eigenvalue weighted by molar-refractivity contribution is 0.601. The highest BCUT2D eigenvalue weighted by Gasteiger charge is 1.99. The highest BCUT2D eigenvalue weighted by atomic mass is 79.9. The molecular formula is C9H5BrOS. The van der Waals surface area contributed by atoms with E-state index in [9.17, 15) is 0 Å². The predicted molar refractivity (Wildman–Crippen MR) is 54.7 cm³/mol. The van der Waals surface area contributed by atoms with Crippen LogP contribution in [0.15, 0.2) is 39.4 Å². The summed E-state index contributed by atoms with van der Waals surface area (Å²) in [4.78, 5) is 0. The van der Waals surface area contributed by atoms with E-state index >= 15 is 0 Å². The van der Waals surface area contributed by atoms with Crippen LogP contribution >= 0.6 is 28.1 Å². The van der Waals surface area contributed by atoms with Crippen molar-refractivity contribution in [1.29, 1.82) is 0 Å². The zero-order valence-corrected chi connectivity index (χ0v) is 8.48. The van der Waals surface area contributed by atoms with Crippen molar-refractivity contribution in [2.45, 2.75) is 0 Å². The first-order valence-corrected chi connectivity index (χ1v) is 4.65. The van der Waals surface area contributed by atoms with Crippen LogP contribution in [0.4, 0.5) is 0 Å². The lowest BCUT2D eigenvalue weighted by Crippen LogP contribution is -1.73. The van der Waals surface area contributed by atoms with Crippen molar-refractivity contribution in [3.8, 4) is 0 Å². The number of hydrogen-bond donors (Lipinski definition) is 0. The monoisotopic (exact) mass is 240 g/mol. The molecule has 60 valence electrons. The van der Waals surface area contributed by atoms with E-state index in [0.29, 0.717) is 0 Å². The van der Waals surface area contributed by atoms with Gasteiger partial charge in [-0.1, -0.05) is 18.3 Å². The van der Waals surface area contributed by atoms with E-state index in [1.54, 1.807) is 12.3 Å². The first-order valence-electron chi connectivity index (χ1n) is 3.45. The van der Waals surface area contributed by atoms with Crippen molar-refractivity contribution < 1.29 is 4.42 Å². The molecule has 1 heterocycles. The molecule has 0 N–H and O–H groups in total. The van der Waals surface area contributed by atoms with Crippen LogP contribution in [0.1, 0.15) is 0 Å². The van der Waals surface area contributed by atoms with Crippen LogP contribution in [0.25, 0.3) is 11.0 Å². The molecule has 2 rings (SSSR count). The van der Waals surface area contributed by atoms with Crippen molar-refractivity contribution in [2.75, 3.05) is 0 Å². The van der Waals surface area contributed by atoms with Gasteiger partial charge in [0.25, 0.3) is 0 Å². The van der Waals surface area contributed by atoms with Crippen LogP contribution in [-0.2, 0) is 0 Å². The third kappa shape index (κ3) is 1.19. The minimum atomic E-state index is 0.810. The first-order chi connectivity index (χ1) is 5.79. The average molecular weight is 241 g/mol. The van der Waals surface area contributed by atoms with Gasteiger partial charge < -0.3 is 4.42 Å². The Morgan fingerprint density at radius 1 is 1.25 bits per heavy atom. The summed E-state index contributed by atoms with van der Waals surface area (Å²) in [5.41, 5.74) is 0.810. The summed E-state index contributed by atoms with van der Waals surface area (Å²) >= 11 is 8.52. The van der Waals surface area contributed by atoms with Crippen molar-refractivity contribution >= 4 is 39.1 Å². The van der Waals surface area contributed by atoms with E-state index in [4.69, 9.17) is 16.6 Å². The third-order valence-electron chi connectivity index (χ3n) is 1.64. The molecule has 0 bridgehead atoms. The Morgan fingerprint density at radius 2 is 2.08 bits per heavy atom. The molecule has 0 saturated carbocycles. The largest absolute Gasteiger partial charge is 0.463 e. The standard InChI is InChI=1S/C9H5BrOS/c10-7-3-1-2-6-8(12)4-5-11-9(6)7/h1-5H. The molecule has 2 aromatic rings. The van der Waals surface area contributed by atoms with Gasteiger partial charge in [-0.3, -0.25) is 0 Å². The van der Waals surface area contributed by atoms with E-state index in [0.717, 1.165) is 20.0 Å². The molecule has 0 aliphatic carbocycles. The fraction of sp³-hybridized carbons (Fsp3) is 0. The molecule has 0 radical (unpaired) electrons. The summed E-state index contributed by atoms with van der Waals surface area (Å²) in [6.45, 7) is 0. The summed E-state index contributed by atoms with van der Waals surface area (Å²) in [6, 6.07) is 7.61. The summed E-state index contributed by atoms with van der Waals surface area (Å²) < 4.78 is 7.06. The highest BCUT2D eigenvalue weighted by molar-refractivity contribution is 9.10. The average Bonchev–Trinajstić information content (AvgIpc) is 2.07. The Bertz CT molecular complexity index is 475. The number of benzene rings is 1. The van der Waals surface area contributed by atoms with Gasteiger partial charge in [0, 0.05) is 5.39 Å². The number of fused-ring (bicyclic) bond motifs is 1. The molecule has 0 aliphatic rings. The van der Waals surface area contributed by atoms with Gasteiger partial charge in [0.05, 0.1) is 15.2 Å². The topological polar surface area (TPSA) is 13.1 Å². The zero-order chi connectivity index (χ0) is 8.55. The smallest absolute Gasteiger partial charge is 0.149 e. The van der Waals surface area contributed by atoms with E-state index < -0.39 is 0 Å². The zero-order valence-electron chi connectivity index (χ0n) is 6.08. The number of hydrogen-bond acceptors (Lipinski definition) is 2. The van der Waals surface area contributed by atoms with Crippen LogP contribution in [0, 0.1) is 4.51 Å². The van der Waals surface area contributed by atoms with Crippen LogP contribution in [0.3, 0.4) is 0 Å². The maximum absolute atomic E-state index is 5.31. The van der Waals surface area contributed by atoms with Crippen LogP contribution in [0.5, 0.6) is 0 Å². The second kappa shape index (κ2) is 2.99. The molecule has 12 heavy (non-hydrogen) atoms. The molecule has 1 nitrogen and oxygen atoms in total. The molecule has 0 saturated heterocycles. The second-order valence-corrected chi connectivity index (χ2v) is 3.70. The van der Waals surface area contributed by atoms with Gasteiger partial charge in [0.15, 0.2) is 0 Å². The molecule has 0 unspecified atom stereocenters. The van der Waals surface area contributed by atoms with Gasteiger partial charge in [0.2, 0.25) is 0 Å². The lowest BCUT2D eigenvalue weighted by Gasteiger charge is -1.97. The fourth-order valence-corrected chi connectivity index (χ4v) is 1.75.